The van der Waals surface area contributed by atoms with E-state index in [9.17, 15) is 19.2 Å². The fourth-order valence-corrected chi connectivity index (χ4v) is 13.3. The Morgan fingerprint density at radius 3 is 1.56 bits per heavy atom. The van der Waals surface area contributed by atoms with E-state index in [0.29, 0.717) is 48.1 Å². The van der Waals surface area contributed by atoms with E-state index in [0.717, 1.165) is 83.4 Å². The summed E-state index contributed by atoms with van der Waals surface area (Å²) in [5.74, 6) is 9.95. The van der Waals surface area contributed by atoms with Crippen LogP contribution in [0.2, 0.25) is 0 Å². The minimum absolute atomic E-state index is 0. The number of thiophene rings is 4. The van der Waals surface area contributed by atoms with Gasteiger partial charge in [0.25, 0.3) is 29.4 Å². The van der Waals surface area contributed by atoms with Crippen molar-refractivity contribution in [1.82, 2.24) is 64.6 Å². The summed E-state index contributed by atoms with van der Waals surface area (Å²) >= 11 is 27.9. The topological polar surface area (TPSA) is 340 Å². The van der Waals surface area contributed by atoms with Gasteiger partial charge in [-0.2, -0.15) is 10.1 Å². The molecule has 0 radical (unpaired) electrons. The van der Waals surface area contributed by atoms with Crippen LogP contribution in [-0.4, -0.2) is 105 Å². The molecule has 4 aromatic carbocycles. The number of carbonyl (C=O) groups excluding carboxylic acids is 3. The molecule has 14 aromatic rings. The van der Waals surface area contributed by atoms with Gasteiger partial charge in [-0.25, -0.2) is 15.8 Å². The van der Waals surface area contributed by atoms with E-state index in [-0.39, 0.29) is 139 Å². The molecule has 111 heavy (non-hydrogen) atoms. The first-order valence-corrected chi connectivity index (χ1v) is 37.9. The first kappa shape index (κ1) is 91.7. The molecular formula is C73H67ClK2N16O11S8. The zero-order chi connectivity index (χ0) is 78.0. The minimum atomic E-state index is -0.231. The number of fused-ring (bicyclic) bond motifs is 2. The largest absolute Gasteiger partial charge is 1.00 e. The molecule has 7 N–H and O–H groups in total. The zero-order valence-corrected chi connectivity index (χ0v) is 74.0. The number of methoxy groups -OCH3 is 4. The summed E-state index contributed by atoms with van der Waals surface area (Å²) in [4.78, 5) is 73.7. The maximum Gasteiger partial charge on any atom is 1.00 e. The number of carbonyl (C=O) groups is 3. The molecule has 562 valence electrons. The predicted molar refractivity (Wildman–Crippen MR) is 437 cm³/mol. The Bertz CT molecular complexity index is 5470. The summed E-state index contributed by atoms with van der Waals surface area (Å²) in [6, 6.07) is 55.8. The Morgan fingerprint density at radius 1 is 0.640 bits per heavy atom. The van der Waals surface area contributed by atoms with Crippen molar-refractivity contribution >= 4 is 157 Å². The van der Waals surface area contributed by atoms with Gasteiger partial charge < -0.3 is 35.8 Å². The molecule has 0 atom stereocenters. The fraction of sp³-hybridized carbons (Fsp3) is 0.110. The molecule has 0 saturated heterocycles. The smallest absolute Gasteiger partial charge is 1.00 e. The molecule has 14 rings (SSSR count). The van der Waals surface area contributed by atoms with E-state index in [1.54, 1.807) is 92.2 Å². The van der Waals surface area contributed by atoms with Crippen molar-refractivity contribution in [2.75, 3.05) is 33.8 Å². The van der Waals surface area contributed by atoms with Crippen molar-refractivity contribution in [3.63, 3.8) is 0 Å². The van der Waals surface area contributed by atoms with Crippen LogP contribution in [0, 0.1) is 18.6 Å². The molecule has 2 amide bonds. The first-order valence-electron chi connectivity index (χ1n) is 31.6. The SMILES string of the molecule is COc1ccc(-n2c(-c3cccs3)n[nH]c2=S)cc1.COc1ccc(-n2c(SCc3cc(=O)n4cc(C)ccc4n3)nnc2-c2cccs2)cc1.COc1ccc(N=C=S)cc1.COc1ccc(NC(=S)NNC(=O)c2cccs2)cc1.Cc1ccc2nc(CCl)cc(=O)n2c1.NNC(=O)c1cccs1.O=CO[O-].[H-].[K+].[K+]. The van der Waals surface area contributed by atoms with Crippen molar-refractivity contribution in [2.24, 2.45) is 10.8 Å². The van der Waals surface area contributed by atoms with Gasteiger partial charge in [0, 0.05) is 36.0 Å². The van der Waals surface area contributed by atoms with Gasteiger partial charge in [0.05, 0.1) is 87.4 Å². The monoisotopic (exact) mass is 1710 g/mol. The number of ether oxygens (including phenoxy) is 4. The van der Waals surface area contributed by atoms with Crippen molar-refractivity contribution in [3.05, 3.63) is 274 Å². The van der Waals surface area contributed by atoms with Gasteiger partial charge in [0.2, 0.25) is 0 Å². The van der Waals surface area contributed by atoms with Crippen molar-refractivity contribution in [2.45, 2.75) is 30.6 Å². The number of aromatic nitrogens is 10. The van der Waals surface area contributed by atoms with Crippen molar-refractivity contribution < 1.29 is 148 Å². The number of alkyl halides is 1. The maximum atomic E-state index is 12.5. The molecule has 0 unspecified atom stereocenters. The average Bonchev–Trinajstić information content (AvgIpc) is 1.48. The van der Waals surface area contributed by atoms with Gasteiger partial charge in [0.1, 0.15) is 34.3 Å². The second-order valence-electron chi connectivity index (χ2n) is 21.4. The van der Waals surface area contributed by atoms with Gasteiger partial charge in [-0.15, -0.1) is 67.1 Å². The average molecular weight is 1710 g/mol. The van der Waals surface area contributed by atoms with Crippen molar-refractivity contribution in [3.8, 4) is 55.8 Å². The summed E-state index contributed by atoms with van der Waals surface area (Å²) in [7, 11) is 6.52. The van der Waals surface area contributed by atoms with Crippen LogP contribution in [0.3, 0.4) is 0 Å². The number of isothiocyanates is 1. The second-order valence-corrected chi connectivity index (χ2v) is 27.4. The molecule has 0 aliphatic carbocycles. The number of thiocarbonyl (C=S) groups is 2. The van der Waals surface area contributed by atoms with E-state index in [4.69, 9.17) is 70.9 Å². The van der Waals surface area contributed by atoms with Gasteiger partial charge in [-0.05, 0) is 217 Å². The third-order valence-electron chi connectivity index (χ3n) is 14.2. The molecule has 10 heterocycles. The molecule has 38 heteroatoms. The number of aryl methyl sites for hydroxylation is 2. The van der Waals surface area contributed by atoms with Crippen LogP contribution in [0.1, 0.15) is 43.3 Å². The number of nitrogens with two attached hydrogens (primary N) is 1. The van der Waals surface area contributed by atoms with Gasteiger partial charge >= 0.3 is 103 Å². The number of hydrogen-bond acceptors (Lipinski definition) is 26. The van der Waals surface area contributed by atoms with Crippen LogP contribution in [0.4, 0.5) is 11.4 Å². The van der Waals surface area contributed by atoms with Gasteiger partial charge in [-0.3, -0.25) is 63.3 Å². The number of rotatable bonds is 17. The number of aromatic amines is 1. The molecule has 0 aliphatic rings. The molecule has 0 bridgehead atoms. The molecule has 0 fully saturated rings. The number of benzene rings is 4. The number of nitrogens with zero attached hydrogens (tertiary/aromatic N) is 10. The molecule has 0 aliphatic heterocycles. The predicted octanol–water partition coefficient (Wildman–Crippen LogP) is 7.75. The number of H-pyrrole nitrogens is 1. The number of thioether (sulfide) groups is 1. The second kappa shape index (κ2) is 48.7. The molecule has 27 nitrogen and oxygen atoms in total. The minimum Gasteiger partial charge on any atom is -1.00 e. The standard InChI is InChI=1S/C23H19N5O2S2.C13H13N3O2S2.C13H11N3OS2.C10H9ClN2O.C8H7NOS.C5H6N2OS.CH2O3.2K.H/c1-15-5-10-20-24-16(12-21(29)27(20)13-15)14-32-23-26-25-22(19-4-3-11-31-19)28(23)17-6-8-18(30-2)9-7-17;1-18-10-6-4-9(5-7-10)14-13(19)16-15-12(17)11-3-2-8-20-11;1-17-10-6-4-9(5-7-10)16-12(14-15-13(16)18)11-3-2-8-19-11;1-7-2-3-9-12-8(5-11)4-10(14)13(9)6-7;1-10-8-4-2-7(3-5-8)9-6-11;6-7-5(8)4-2-1-3-9-4;2-1-4-3;;;/h3-13H,14H2,1-2H3;2-8H,1H3,(H,15,17)(H2,14,16,19);2-8H,1H3,(H,15,18);2-4,6H,5H2,1H3;2-5H,1H3;1-3H,6H2,(H,7,8);1,3H;;;/q;;;;;;;2*+1;-1/p-1. The zero-order valence-electron chi connectivity index (χ0n) is 61.5. The molecule has 0 spiro atoms. The number of amides is 2. The third-order valence-corrected chi connectivity index (χ3v) is 19.5. The van der Waals surface area contributed by atoms with E-state index < -0.39 is 0 Å². The molecule has 10 aromatic heterocycles. The van der Waals surface area contributed by atoms with Gasteiger partial charge in [-0.1, -0.05) is 48.2 Å². The Kier molecular flexibility index (Phi) is 40.2. The van der Waals surface area contributed by atoms with Crippen LogP contribution < -0.4 is 166 Å². The summed E-state index contributed by atoms with van der Waals surface area (Å²) < 4.78 is 28.1. The van der Waals surface area contributed by atoms with E-state index in [1.807, 2.05) is 202 Å². The Morgan fingerprint density at radius 2 is 1.10 bits per heavy atom. The van der Waals surface area contributed by atoms with E-state index in [1.165, 1.54) is 44.9 Å². The number of aliphatic imine (C=N–C) groups is 1. The number of nitrogen functional groups attached to an aromatic ring is 1. The van der Waals surface area contributed by atoms with Crippen molar-refractivity contribution in [1.29, 1.82) is 0 Å². The number of hydrogen-bond donors (Lipinski definition) is 6. The van der Waals surface area contributed by atoms with Crippen LogP contribution in [0.15, 0.2) is 236 Å². The van der Waals surface area contributed by atoms with Crippen LogP contribution in [0.25, 0.3) is 44.1 Å². The summed E-state index contributed by atoms with van der Waals surface area (Å²) in [6.45, 7) is 3.70. The number of anilines is 1. The number of pyridine rings is 2. The van der Waals surface area contributed by atoms with Crippen LogP contribution in [0.5, 0.6) is 23.0 Å². The molecule has 0 saturated carbocycles. The summed E-state index contributed by atoms with van der Waals surface area (Å²) in [5.41, 5.74) is 15.1. The maximum absolute atomic E-state index is 12.5. The fourth-order valence-electron chi connectivity index (χ4n) is 9.14. The number of hydrazine groups is 2. The van der Waals surface area contributed by atoms with E-state index in [2.05, 4.69) is 73.8 Å². The third kappa shape index (κ3) is 28.2. The quantitative estimate of drug-likeness (QED) is 0.00485. The Hall–Kier alpha value is -8.17. The number of halogens is 1. The number of nitrogens with one attached hydrogen (secondary N) is 5. The first-order chi connectivity index (χ1) is 52.9. The summed E-state index contributed by atoms with van der Waals surface area (Å²) in [5, 5.41) is 38.4. The normalized spacial score (nSPS) is 9.88. The van der Waals surface area contributed by atoms with Gasteiger partial charge in [0.15, 0.2) is 26.7 Å². The Balaban J connectivity index is 0.000000248. The molecular weight excluding hydrogens is 1650 g/mol. The van der Waals surface area contributed by atoms with Crippen LogP contribution in [-0.2, 0) is 21.3 Å². The summed E-state index contributed by atoms with van der Waals surface area (Å²) in [6.07, 6.45) is 3.57. The van der Waals surface area contributed by atoms with E-state index >= 15 is 0 Å². The van der Waals surface area contributed by atoms with Crippen LogP contribution >= 0.6 is 105 Å². The Labute approximate surface area is 763 Å².